The van der Waals surface area contributed by atoms with Crippen LogP contribution in [0, 0.1) is 0 Å². The minimum absolute atomic E-state index is 1.06. The minimum Gasteiger partial charge on any atom is -0.315 e. The Morgan fingerprint density at radius 3 is 1.29 bits per heavy atom. The second kappa shape index (κ2) is 11.6. The molecule has 2 aromatic heterocycles. The predicted molar refractivity (Wildman–Crippen MR) is 188 cm³/mol. The maximum Gasteiger partial charge on any atom is 0.0639 e. The van der Waals surface area contributed by atoms with Crippen LogP contribution in [0.2, 0.25) is 0 Å². The molecule has 0 radical (unpaired) electrons. The first kappa shape index (κ1) is 26.6. The molecule has 0 atom stereocenters. The fourth-order valence-corrected chi connectivity index (χ4v) is 6.19. The van der Waals surface area contributed by atoms with Gasteiger partial charge in [-0.2, -0.15) is 0 Å². The molecule has 45 heavy (non-hydrogen) atoms. The number of fused-ring (bicyclic) bond motifs is 1. The lowest BCUT2D eigenvalue weighted by Crippen LogP contribution is -1.92. The molecule has 0 saturated heterocycles. The number of nitrogens with zero attached hydrogens (tertiary/aromatic N) is 2. The number of hydrogen-bond donors (Lipinski definition) is 0. The minimum atomic E-state index is 1.06. The number of aromatic nitrogens is 2. The Labute approximate surface area is 263 Å². The summed E-state index contributed by atoms with van der Waals surface area (Å²) in [4.78, 5) is 4.32. The van der Waals surface area contributed by atoms with Gasteiger partial charge < -0.3 is 4.57 Å². The highest BCUT2D eigenvalue weighted by molar-refractivity contribution is 5.90. The van der Waals surface area contributed by atoms with Gasteiger partial charge in [0.1, 0.15) is 0 Å². The van der Waals surface area contributed by atoms with Crippen molar-refractivity contribution in [3.05, 3.63) is 182 Å². The van der Waals surface area contributed by atoms with Crippen LogP contribution in [0.5, 0.6) is 0 Å². The zero-order chi connectivity index (χ0) is 30.0. The van der Waals surface area contributed by atoms with Gasteiger partial charge in [-0.05, 0) is 122 Å². The van der Waals surface area contributed by atoms with Gasteiger partial charge in [0.25, 0.3) is 0 Å². The highest BCUT2D eigenvalue weighted by atomic mass is 15.0. The van der Waals surface area contributed by atoms with Crippen LogP contribution in [0.1, 0.15) is 0 Å². The van der Waals surface area contributed by atoms with Crippen molar-refractivity contribution in [3.8, 4) is 61.3 Å². The van der Waals surface area contributed by atoms with Crippen molar-refractivity contribution in [1.29, 1.82) is 0 Å². The van der Waals surface area contributed by atoms with Gasteiger partial charge in [-0.15, -0.1) is 0 Å². The highest BCUT2D eigenvalue weighted by Gasteiger charge is 2.12. The zero-order valence-electron chi connectivity index (χ0n) is 24.7. The van der Waals surface area contributed by atoms with Crippen molar-refractivity contribution in [2.24, 2.45) is 0 Å². The molecule has 2 heteroatoms. The Hall–Kier alpha value is -5.99. The van der Waals surface area contributed by atoms with Crippen LogP contribution in [0.25, 0.3) is 72.2 Å². The van der Waals surface area contributed by atoms with E-state index >= 15 is 0 Å². The molecule has 0 saturated carbocycles. The summed E-state index contributed by atoms with van der Waals surface area (Å²) >= 11 is 0. The molecule has 212 valence electrons. The molecule has 0 aliphatic rings. The highest BCUT2D eigenvalue weighted by Crippen LogP contribution is 2.38. The summed E-state index contributed by atoms with van der Waals surface area (Å²) in [5.74, 6) is 0. The van der Waals surface area contributed by atoms with E-state index in [1.807, 2.05) is 18.5 Å². The number of rotatable bonds is 6. The van der Waals surface area contributed by atoms with Gasteiger partial charge in [0.05, 0.1) is 17.4 Å². The maximum atomic E-state index is 4.32. The van der Waals surface area contributed by atoms with Crippen LogP contribution in [0.15, 0.2) is 182 Å². The Morgan fingerprint density at radius 2 is 0.822 bits per heavy atom. The number of hydrogen-bond acceptors (Lipinski definition) is 1. The molecule has 8 rings (SSSR count). The van der Waals surface area contributed by atoms with Gasteiger partial charge >= 0.3 is 0 Å². The lowest BCUT2D eigenvalue weighted by molar-refractivity contribution is 1.10. The summed E-state index contributed by atoms with van der Waals surface area (Å²) in [5.41, 5.74) is 14.2. The lowest BCUT2D eigenvalue weighted by Gasteiger charge is -2.15. The van der Waals surface area contributed by atoms with Crippen molar-refractivity contribution < 1.29 is 0 Å². The molecule has 2 heterocycles. The normalized spacial score (nSPS) is 11.1. The van der Waals surface area contributed by atoms with Crippen LogP contribution in [0.3, 0.4) is 0 Å². The molecule has 0 bridgehead atoms. The lowest BCUT2D eigenvalue weighted by atomic mass is 9.90. The monoisotopic (exact) mass is 574 g/mol. The Morgan fingerprint density at radius 1 is 0.356 bits per heavy atom. The van der Waals surface area contributed by atoms with Gasteiger partial charge in [0, 0.05) is 17.8 Å². The van der Waals surface area contributed by atoms with Crippen molar-refractivity contribution in [2.75, 3.05) is 0 Å². The summed E-state index contributed by atoms with van der Waals surface area (Å²) in [5, 5.41) is 1.19. The van der Waals surface area contributed by atoms with Crippen LogP contribution >= 0.6 is 0 Å². The average Bonchev–Trinajstić information content (AvgIpc) is 3.56. The Bertz CT molecular complexity index is 2180. The molecule has 2 nitrogen and oxygen atoms in total. The van der Waals surface area contributed by atoms with Gasteiger partial charge in [-0.3, -0.25) is 4.98 Å². The fraction of sp³-hybridized carbons (Fsp3) is 0. The Kier molecular flexibility index (Phi) is 6.86. The second-order valence-electron chi connectivity index (χ2n) is 11.4. The maximum absolute atomic E-state index is 4.32. The van der Waals surface area contributed by atoms with E-state index in [2.05, 4.69) is 173 Å². The zero-order valence-corrected chi connectivity index (χ0v) is 24.7. The van der Waals surface area contributed by atoms with Crippen molar-refractivity contribution >= 4 is 10.9 Å². The van der Waals surface area contributed by atoms with Gasteiger partial charge in [-0.25, -0.2) is 0 Å². The number of pyridine rings is 1. The van der Waals surface area contributed by atoms with E-state index in [0.29, 0.717) is 0 Å². The third-order valence-corrected chi connectivity index (χ3v) is 8.47. The van der Waals surface area contributed by atoms with Crippen molar-refractivity contribution in [2.45, 2.75) is 0 Å². The van der Waals surface area contributed by atoms with E-state index in [0.717, 1.165) is 11.2 Å². The molecule has 0 aliphatic carbocycles. The van der Waals surface area contributed by atoms with E-state index in [1.54, 1.807) is 0 Å². The van der Waals surface area contributed by atoms with Crippen LogP contribution in [0.4, 0.5) is 0 Å². The first-order chi connectivity index (χ1) is 22.3. The van der Waals surface area contributed by atoms with E-state index in [4.69, 9.17) is 0 Å². The van der Waals surface area contributed by atoms with E-state index in [9.17, 15) is 0 Å². The van der Waals surface area contributed by atoms with E-state index in [1.165, 1.54) is 61.0 Å². The molecule has 0 fully saturated rings. The van der Waals surface area contributed by atoms with E-state index in [-0.39, 0.29) is 0 Å². The molecule has 0 spiro atoms. The summed E-state index contributed by atoms with van der Waals surface area (Å²) in [6.45, 7) is 0. The smallest absolute Gasteiger partial charge is 0.0639 e. The molecule has 0 aliphatic heterocycles. The summed E-state index contributed by atoms with van der Waals surface area (Å²) in [6.07, 6.45) is 5.83. The van der Waals surface area contributed by atoms with Gasteiger partial charge in [0.15, 0.2) is 0 Å². The fourth-order valence-electron chi connectivity index (χ4n) is 6.19. The molecular formula is C43H30N2. The summed E-state index contributed by atoms with van der Waals surface area (Å²) in [6, 6.07) is 58.9. The SMILES string of the molecule is c1ccc(-c2cc(-c3ccccc3)cc(-c3cc(-c4ccccc4)cc(-c4ccc5c(ccn5-c5cccnc5)c4)c3)c2)cc1. The molecular weight excluding hydrogens is 544 g/mol. The molecule has 6 aromatic carbocycles. The average molecular weight is 575 g/mol. The summed E-state index contributed by atoms with van der Waals surface area (Å²) < 4.78 is 2.19. The third kappa shape index (κ3) is 5.35. The quantitative estimate of drug-likeness (QED) is 0.193. The Balaban J connectivity index is 1.31. The summed E-state index contributed by atoms with van der Waals surface area (Å²) in [7, 11) is 0. The largest absolute Gasteiger partial charge is 0.315 e. The first-order valence-corrected chi connectivity index (χ1v) is 15.3. The molecule has 8 aromatic rings. The van der Waals surface area contributed by atoms with Gasteiger partial charge in [-0.1, -0.05) is 97.1 Å². The third-order valence-electron chi connectivity index (χ3n) is 8.47. The van der Waals surface area contributed by atoms with Crippen LogP contribution in [-0.2, 0) is 0 Å². The predicted octanol–water partition coefficient (Wildman–Crippen LogP) is 11.4. The molecule has 0 unspecified atom stereocenters. The van der Waals surface area contributed by atoms with Crippen molar-refractivity contribution in [3.63, 3.8) is 0 Å². The standard InChI is InChI=1S/C43H30N2/c1-4-11-31(12-5-1)36-24-37(32-13-6-2-7-14-32)27-40(26-36)41-28-38(33-15-8-3-9-16-33)25-39(29-41)34-18-19-43-35(23-34)20-22-45(43)42-17-10-21-44-30-42/h1-30H. The van der Waals surface area contributed by atoms with Crippen LogP contribution < -0.4 is 0 Å². The number of benzene rings is 6. The molecule has 0 N–H and O–H groups in total. The van der Waals surface area contributed by atoms with Crippen molar-refractivity contribution in [1.82, 2.24) is 9.55 Å². The topological polar surface area (TPSA) is 17.8 Å². The molecule has 0 amide bonds. The van der Waals surface area contributed by atoms with Crippen LogP contribution in [-0.4, -0.2) is 9.55 Å². The first-order valence-electron chi connectivity index (χ1n) is 15.3. The van der Waals surface area contributed by atoms with Gasteiger partial charge in [0.2, 0.25) is 0 Å². The second-order valence-corrected chi connectivity index (χ2v) is 11.4. The van der Waals surface area contributed by atoms with E-state index < -0.39 is 0 Å².